The number of ether oxygens (including phenoxy) is 1. The first-order valence-electron chi connectivity index (χ1n) is 7.31. The summed E-state index contributed by atoms with van der Waals surface area (Å²) in [7, 11) is 0. The Labute approximate surface area is 124 Å². The quantitative estimate of drug-likeness (QED) is 0.801. The third-order valence-corrected chi connectivity index (χ3v) is 3.64. The van der Waals surface area contributed by atoms with Gasteiger partial charge in [-0.1, -0.05) is 6.42 Å². The van der Waals surface area contributed by atoms with Gasteiger partial charge in [0.15, 0.2) is 11.3 Å². The van der Waals surface area contributed by atoms with E-state index in [2.05, 4.69) is 25.8 Å². The van der Waals surface area contributed by atoms with Crippen LogP contribution in [-0.4, -0.2) is 46.1 Å². The molecule has 2 aromatic rings. The fourth-order valence-corrected chi connectivity index (χ4v) is 2.53. The van der Waals surface area contributed by atoms with Gasteiger partial charge in [-0.25, -0.2) is 15.0 Å². The number of nitrogens with zero attached hydrogens (tertiary/aromatic N) is 4. The maximum Gasteiger partial charge on any atom is 0.249 e. The van der Waals surface area contributed by atoms with Crippen molar-refractivity contribution in [1.82, 2.24) is 19.9 Å². The predicted molar refractivity (Wildman–Crippen MR) is 81.1 cm³/mol. The topological polar surface area (TPSA) is 51.1 Å². The van der Waals surface area contributed by atoms with Crippen molar-refractivity contribution in [2.75, 3.05) is 26.2 Å². The minimum absolute atomic E-state index is 0.417. The zero-order valence-electron chi connectivity index (χ0n) is 12.0. The summed E-state index contributed by atoms with van der Waals surface area (Å²) in [6.45, 7) is 3.78. The number of hydrogen-bond donors (Lipinski definition) is 0. The molecular weight excluding hydrogens is 264 g/mol. The van der Waals surface area contributed by atoms with Crippen LogP contribution in [-0.2, 0) is 0 Å². The Hall–Kier alpha value is -2.19. The van der Waals surface area contributed by atoms with Gasteiger partial charge in [0, 0.05) is 12.7 Å². The third kappa shape index (κ3) is 3.29. The van der Waals surface area contributed by atoms with Crippen molar-refractivity contribution >= 4 is 11.2 Å². The number of hydrogen-bond acceptors (Lipinski definition) is 5. The molecule has 1 aliphatic rings. The lowest BCUT2D eigenvalue weighted by atomic mass is 10.1. The molecule has 1 fully saturated rings. The molecule has 0 aromatic carbocycles. The predicted octanol–water partition coefficient (Wildman–Crippen LogP) is 1.87. The number of fused-ring (bicyclic) bond motifs is 1. The Morgan fingerprint density at radius 3 is 2.90 bits per heavy atom. The highest BCUT2D eigenvalue weighted by Crippen LogP contribution is 2.17. The van der Waals surface area contributed by atoms with Gasteiger partial charge in [0.2, 0.25) is 5.88 Å². The Bertz CT molecular complexity index is 659. The van der Waals surface area contributed by atoms with Crippen LogP contribution in [0.2, 0.25) is 0 Å². The summed E-state index contributed by atoms with van der Waals surface area (Å²) in [5, 5.41) is 0. The minimum atomic E-state index is 0.417. The van der Waals surface area contributed by atoms with E-state index in [4.69, 9.17) is 11.2 Å². The summed E-state index contributed by atoms with van der Waals surface area (Å²) in [6, 6.07) is 3.68. The van der Waals surface area contributed by atoms with Crippen molar-refractivity contribution in [3.63, 3.8) is 0 Å². The standard InChI is InChI=1S/C16H18N4O/c1-2-13-16(19-14-7-6-8-17-15(14)18-13)21-12-11-20-9-4-3-5-10-20/h1,6-8H,3-5,9-12H2. The molecule has 0 spiro atoms. The van der Waals surface area contributed by atoms with Gasteiger partial charge in [0.05, 0.1) is 0 Å². The second-order valence-electron chi connectivity index (χ2n) is 5.12. The lowest BCUT2D eigenvalue weighted by molar-refractivity contribution is 0.180. The summed E-state index contributed by atoms with van der Waals surface area (Å²) in [6.07, 6.45) is 11.0. The highest BCUT2D eigenvalue weighted by Gasteiger charge is 2.12. The number of likely N-dealkylation sites (tertiary alicyclic amines) is 1. The summed E-state index contributed by atoms with van der Waals surface area (Å²) in [5.74, 6) is 2.95. The summed E-state index contributed by atoms with van der Waals surface area (Å²) in [5.41, 5.74) is 1.66. The summed E-state index contributed by atoms with van der Waals surface area (Å²) >= 11 is 0. The largest absolute Gasteiger partial charge is 0.474 e. The van der Waals surface area contributed by atoms with Crippen LogP contribution in [0.1, 0.15) is 25.0 Å². The second kappa shape index (κ2) is 6.51. The highest BCUT2D eigenvalue weighted by atomic mass is 16.5. The average molecular weight is 282 g/mol. The van der Waals surface area contributed by atoms with Crippen molar-refractivity contribution in [3.05, 3.63) is 24.0 Å². The molecule has 0 radical (unpaired) electrons. The molecule has 2 aromatic heterocycles. The van der Waals surface area contributed by atoms with E-state index in [1.54, 1.807) is 6.20 Å². The molecule has 3 rings (SSSR count). The van der Waals surface area contributed by atoms with E-state index in [1.165, 1.54) is 19.3 Å². The fraction of sp³-hybridized carbons (Fsp3) is 0.438. The van der Waals surface area contributed by atoms with E-state index >= 15 is 0 Å². The van der Waals surface area contributed by atoms with Crippen LogP contribution in [0.5, 0.6) is 5.88 Å². The zero-order valence-corrected chi connectivity index (χ0v) is 12.0. The lowest BCUT2D eigenvalue weighted by Crippen LogP contribution is -2.33. The van der Waals surface area contributed by atoms with Crippen LogP contribution in [0, 0.1) is 12.3 Å². The van der Waals surface area contributed by atoms with Gasteiger partial charge in [-0.05, 0) is 44.0 Å². The smallest absolute Gasteiger partial charge is 0.249 e. The maximum atomic E-state index is 5.75. The normalized spacial score (nSPS) is 15.8. The molecule has 21 heavy (non-hydrogen) atoms. The Morgan fingerprint density at radius 2 is 2.10 bits per heavy atom. The molecule has 3 heterocycles. The van der Waals surface area contributed by atoms with Crippen LogP contribution >= 0.6 is 0 Å². The van der Waals surface area contributed by atoms with Crippen molar-refractivity contribution in [1.29, 1.82) is 0 Å². The molecule has 0 saturated carbocycles. The molecule has 108 valence electrons. The molecule has 1 aliphatic heterocycles. The summed E-state index contributed by atoms with van der Waals surface area (Å²) < 4.78 is 5.75. The average Bonchev–Trinajstić information content (AvgIpc) is 2.55. The first-order valence-corrected chi connectivity index (χ1v) is 7.31. The van der Waals surface area contributed by atoms with E-state index in [0.29, 0.717) is 29.3 Å². The van der Waals surface area contributed by atoms with E-state index in [-0.39, 0.29) is 0 Å². The molecule has 0 aliphatic carbocycles. The number of piperidine rings is 1. The molecular formula is C16H18N4O. The Kier molecular flexibility index (Phi) is 4.27. The maximum absolute atomic E-state index is 5.75. The van der Waals surface area contributed by atoms with Crippen molar-refractivity contribution in [3.8, 4) is 18.2 Å². The first-order chi connectivity index (χ1) is 10.4. The molecule has 5 nitrogen and oxygen atoms in total. The minimum Gasteiger partial charge on any atom is -0.474 e. The van der Waals surface area contributed by atoms with Crippen LogP contribution in [0.15, 0.2) is 18.3 Å². The SMILES string of the molecule is C#Cc1nc2ncccc2nc1OCCN1CCCCC1. The van der Waals surface area contributed by atoms with E-state index in [0.717, 1.165) is 19.6 Å². The molecule has 0 atom stereocenters. The van der Waals surface area contributed by atoms with Crippen molar-refractivity contribution in [2.24, 2.45) is 0 Å². The molecule has 1 saturated heterocycles. The fourth-order valence-electron chi connectivity index (χ4n) is 2.53. The van der Waals surface area contributed by atoms with E-state index in [9.17, 15) is 0 Å². The van der Waals surface area contributed by atoms with Crippen LogP contribution in [0.3, 0.4) is 0 Å². The molecule has 0 unspecified atom stereocenters. The highest BCUT2D eigenvalue weighted by molar-refractivity contribution is 5.70. The van der Waals surface area contributed by atoms with Gasteiger partial charge in [0.1, 0.15) is 12.1 Å². The lowest BCUT2D eigenvalue weighted by Gasteiger charge is -2.26. The van der Waals surface area contributed by atoms with Gasteiger partial charge in [-0.3, -0.25) is 4.90 Å². The van der Waals surface area contributed by atoms with Gasteiger partial charge in [-0.2, -0.15) is 0 Å². The Morgan fingerprint density at radius 1 is 1.24 bits per heavy atom. The van der Waals surface area contributed by atoms with Gasteiger partial charge < -0.3 is 4.74 Å². The van der Waals surface area contributed by atoms with E-state index < -0.39 is 0 Å². The summed E-state index contributed by atoms with van der Waals surface area (Å²) in [4.78, 5) is 15.3. The van der Waals surface area contributed by atoms with E-state index in [1.807, 2.05) is 12.1 Å². The second-order valence-corrected chi connectivity index (χ2v) is 5.12. The number of rotatable bonds is 4. The third-order valence-electron chi connectivity index (χ3n) is 3.64. The first kappa shape index (κ1) is 13.8. The van der Waals surface area contributed by atoms with Crippen molar-refractivity contribution in [2.45, 2.75) is 19.3 Å². The molecule has 0 N–H and O–H groups in total. The molecule has 0 bridgehead atoms. The van der Waals surface area contributed by atoms with Crippen LogP contribution in [0.25, 0.3) is 11.2 Å². The van der Waals surface area contributed by atoms with Crippen LogP contribution < -0.4 is 4.74 Å². The molecule has 5 heteroatoms. The van der Waals surface area contributed by atoms with Gasteiger partial charge >= 0.3 is 0 Å². The van der Waals surface area contributed by atoms with Crippen LogP contribution in [0.4, 0.5) is 0 Å². The van der Waals surface area contributed by atoms with Gasteiger partial charge in [0.25, 0.3) is 0 Å². The zero-order chi connectivity index (χ0) is 14.5. The number of terminal acetylenes is 1. The number of pyridine rings is 1. The monoisotopic (exact) mass is 282 g/mol. The molecule has 0 amide bonds. The van der Waals surface area contributed by atoms with Crippen molar-refractivity contribution < 1.29 is 4.74 Å². The Balaban J connectivity index is 1.69. The van der Waals surface area contributed by atoms with Gasteiger partial charge in [-0.15, -0.1) is 6.42 Å². The number of aromatic nitrogens is 3.